The van der Waals surface area contributed by atoms with Crippen LogP contribution in [-0.2, 0) is 14.4 Å². The average Bonchev–Trinajstić information content (AvgIpc) is 3.08. The number of aromatic nitrogens is 3. The van der Waals surface area contributed by atoms with Crippen LogP contribution in [0.3, 0.4) is 0 Å². The molecule has 2 amide bonds. The van der Waals surface area contributed by atoms with Crippen LogP contribution in [0.1, 0.15) is 25.7 Å². The van der Waals surface area contributed by atoms with Gasteiger partial charge in [0.05, 0.1) is 17.6 Å². The molecule has 30 heavy (non-hydrogen) atoms. The number of rotatable bonds is 6. The predicted octanol–water partition coefficient (Wildman–Crippen LogP) is 2.39. The molecule has 1 saturated heterocycles. The van der Waals surface area contributed by atoms with Gasteiger partial charge in [0.2, 0.25) is 11.8 Å². The number of halogens is 2. The molecule has 1 aliphatic carbocycles. The summed E-state index contributed by atoms with van der Waals surface area (Å²) in [5.74, 6) is -1.63. The van der Waals surface area contributed by atoms with Gasteiger partial charge < -0.3 is 10.0 Å². The van der Waals surface area contributed by atoms with Crippen LogP contribution in [0.4, 0.5) is 5.69 Å². The Morgan fingerprint density at radius 3 is 2.53 bits per heavy atom. The monoisotopic (exact) mass is 451 g/mol. The van der Waals surface area contributed by atoms with Crippen molar-refractivity contribution in [2.24, 2.45) is 5.92 Å². The van der Waals surface area contributed by atoms with E-state index in [0.717, 1.165) is 19.3 Å². The third-order valence-electron chi connectivity index (χ3n) is 5.60. The highest BCUT2D eigenvalue weighted by molar-refractivity contribution is 6.31. The third kappa shape index (κ3) is 3.99. The Labute approximate surface area is 182 Å². The van der Waals surface area contributed by atoms with Crippen LogP contribution < -0.4 is 4.90 Å². The topological polar surface area (TPSA) is 109 Å². The second kappa shape index (κ2) is 8.23. The van der Waals surface area contributed by atoms with Crippen LogP contribution in [-0.4, -0.2) is 61.9 Å². The highest BCUT2D eigenvalue weighted by Crippen LogP contribution is 2.33. The molecule has 1 aromatic carbocycles. The number of piperazine rings is 1. The van der Waals surface area contributed by atoms with Gasteiger partial charge >= 0.3 is 5.97 Å². The number of carboxylic acid groups (broad SMARTS) is 1. The summed E-state index contributed by atoms with van der Waals surface area (Å²) in [6, 6.07) is 3.82. The van der Waals surface area contributed by atoms with Crippen molar-refractivity contribution in [3.63, 3.8) is 0 Å². The number of carbonyl (C=O) groups excluding carboxylic acids is 2. The molecular formula is C19H19Cl2N5O4. The molecule has 0 bridgehead atoms. The zero-order valence-electron chi connectivity index (χ0n) is 15.9. The van der Waals surface area contributed by atoms with Crippen LogP contribution in [0.2, 0.25) is 10.2 Å². The third-order valence-corrected chi connectivity index (χ3v) is 6.01. The lowest BCUT2D eigenvalue weighted by Crippen LogP contribution is -2.59. The van der Waals surface area contributed by atoms with E-state index in [1.54, 1.807) is 18.2 Å². The Morgan fingerprint density at radius 2 is 1.93 bits per heavy atom. The van der Waals surface area contributed by atoms with E-state index in [1.165, 1.54) is 20.7 Å². The molecule has 1 saturated carbocycles. The van der Waals surface area contributed by atoms with Crippen LogP contribution in [0.15, 0.2) is 24.4 Å². The molecule has 2 heterocycles. The predicted molar refractivity (Wildman–Crippen MR) is 109 cm³/mol. The van der Waals surface area contributed by atoms with E-state index in [1.807, 2.05) is 0 Å². The Hall–Kier alpha value is -2.65. The van der Waals surface area contributed by atoms with E-state index in [4.69, 9.17) is 23.2 Å². The molecular weight excluding hydrogens is 433 g/mol. The molecule has 2 aromatic rings. The lowest BCUT2D eigenvalue weighted by atomic mass is 9.80. The Kier molecular flexibility index (Phi) is 5.66. The van der Waals surface area contributed by atoms with Crippen molar-refractivity contribution in [2.45, 2.75) is 31.7 Å². The fraction of sp³-hybridized carbons (Fsp3) is 0.421. The van der Waals surface area contributed by atoms with Crippen molar-refractivity contribution in [1.29, 1.82) is 0 Å². The smallest absolute Gasteiger partial charge is 0.326 e. The number of amides is 2. The molecule has 158 valence electrons. The number of hydrogen-bond donors (Lipinski definition) is 1. The SMILES string of the molecule is O=C(O)C(CC1CCC1)N1CC(=O)N(c2cc(Cl)ccc2-n2cc(Cl)nn2)CC1=O. The van der Waals surface area contributed by atoms with Gasteiger partial charge in [-0.3, -0.25) is 14.5 Å². The van der Waals surface area contributed by atoms with E-state index in [9.17, 15) is 19.5 Å². The van der Waals surface area contributed by atoms with Gasteiger partial charge in [-0.15, -0.1) is 5.10 Å². The second-order valence-electron chi connectivity index (χ2n) is 7.51. The fourth-order valence-corrected chi connectivity index (χ4v) is 4.10. The highest BCUT2D eigenvalue weighted by atomic mass is 35.5. The minimum absolute atomic E-state index is 0.170. The van der Waals surface area contributed by atoms with Crippen LogP contribution in [0.25, 0.3) is 5.69 Å². The first-order chi connectivity index (χ1) is 14.3. The number of benzene rings is 1. The van der Waals surface area contributed by atoms with Gasteiger partial charge in [-0.2, -0.15) is 0 Å². The largest absolute Gasteiger partial charge is 0.480 e. The lowest BCUT2D eigenvalue weighted by molar-refractivity contribution is -0.153. The Morgan fingerprint density at radius 1 is 1.17 bits per heavy atom. The van der Waals surface area contributed by atoms with Crippen LogP contribution in [0.5, 0.6) is 0 Å². The van der Waals surface area contributed by atoms with E-state index in [0.29, 0.717) is 22.8 Å². The van der Waals surface area contributed by atoms with Gasteiger partial charge in [-0.25, -0.2) is 9.48 Å². The summed E-state index contributed by atoms with van der Waals surface area (Å²) < 4.78 is 1.38. The first-order valence-corrected chi connectivity index (χ1v) is 10.3. The zero-order chi connectivity index (χ0) is 21.4. The van der Waals surface area contributed by atoms with Gasteiger partial charge in [-0.1, -0.05) is 47.7 Å². The van der Waals surface area contributed by atoms with Gasteiger partial charge in [0, 0.05) is 5.02 Å². The van der Waals surface area contributed by atoms with Crippen LogP contribution in [0, 0.1) is 5.92 Å². The molecule has 0 radical (unpaired) electrons. The molecule has 1 N–H and O–H groups in total. The summed E-state index contributed by atoms with van der Waals surface area (Å²) >= 11 is 12.0. The van der Waals surface area contributed by atoms with Gasteiger partial charge in [0.25, 0.3) is 0 Å². The minimum Gasteiger partial charge on any atom is -0.480 e. The molecule has 1 unspecified atom stereocenters. The summed E-state index contributed by atoms with van der Waals surface area (Å²) in [6.45, 7) is -0.602. The molecule has 2 fully saturated rings. The van der Waals surface area contributed by atoms with Crippen molar-refractivity contribution >= 4 is 46.7 Å². The summed E-state index contributed by atoms with van der Waals surface area (Å²) in [6.07, 6.45) is 4.82. The molecule has 4 rings (SSSR count). The Bertz CT molecular complexity index is 1010. The van der Waals surface area contributed by atoms with Crippen molar-refractivity contribution in [3.05, 3.63) is 34.6 Å². The molecule has 2 aliphatic rings. The van der Waals surface area contributed by atoms with Crippen molar-refractivity contribution in [3.8, 4) is 5.69 Å². The van der Waals surface area contributed by atoms with Gasteiger partial charge in [-0.05, 0) is 30.5 Å². The average molecular weight is 452 g/mol. The molecule has 0 spiro atoms. The van der Waals surface area contributed by atoms with E-state index in [2.05, 4.69) is 10.3 Å². The van der Waals surface area contributed by atoms with Gasteiger partial charge in [0.15, 0.2) is 5.15 Å². The molecule has 9 nitrogen and oxygen atoms in total. The van der Waals surface area contributed by atoms with E-state index >= 15 is 0 Å². The van der Waals surface area contributed by atoms with Crippen molar-refractivity contribution in [2.75, 3.05) is 18.0 Å². The van der Waals surface area contributed by atoms with Crippen molar-refractivity contribution < 1.29 is 19.5 Å². The Balaban J connectivity index is 1.61. The number of carbonyl (C=O) groups is 3. The number of nitrogens with zero attached hydrogens (tertiary/aromatic N) is 5. The summed E-state index contributed by atoms with van der Waals surface area (Å²) in [7, 11) is 0. The van der Waals surface area contributed by atoms with Crippen molar-refractivity contribution in [1.82, 2.24) is 19.9 Å². The number of carboxylic acids is 1. The summed E-state index contributed by atoms with van der Waals surface area (Å²) in [4.78, 5) is 40.1. The van der Waals surface area contributed by atoms with Gasteiger partial charge in [0.1, 0.15) is 19.1 Å². The van der Waals surface area contributed by atoms with E-state index < -0.39 is 23.8 Å². The van der Waals surface area contributed by atoms with Crippen LogP contribution >= 0.6 is 23.2 Å². The number of aliphatic carboxylic acids is 1. The quantitative estimate of drug-likeness (QED) is 0.721. The fourth-order valence-electron chi connectivity index (χ4n) is 3.81. The molecule has 1 atom stereocenters. The number of hydrogen-bond acceptors (Lipinski definition) is 5. The maximum atomic E-state index is 13.0. The first kappa shape index (κ1) is 20.6. The first-order valence-electron chi connectivity index (χ1n) is 9.54. The van der Waals surface area contributed by atoms with E-state index in [-0.39, 0.29) is 24.2 Å². The number of anilines is 1. The molecule has 1 aromatic heterocycles. The lowest BCUT2D eigenvalue weighted by Gasteiger charge is -2.39. The molecule has 11 heteroatoms. The zero-order valence-corrected chi connectivity index (χ0v) is 17.4. The maximum Gasteiger partial charge on any atom is 0.326 e. The highest BCUT2D eigenvalue weighted by Gasteiger charge is 2.40. The standard InChI is InChI=1S/C19H19Cl2N5O4/c20-12-4-5-13(26-8-16(21)22-23-26)14(7-12)24-9-18(28)25(10-17(24)27)15(19(29)30)6-11-2-1-3-11/h4-5,7-8,11,15H,1-3,6,9-10H2,(H,29,30). The minimum atomic E-state index is -1.09. The summed E-state index contributed by atoms with van der Waals surface area (Å²) in [5.41, 5.74) is 0.839. The molecule has 1 aliphatic heterocycles. The maximum absolute atomic E-state index is 13.0. The normalized spacial score (nSPS) is 18.5. The summed E-state index contributed by atoms with van der Waals surface area (Å²) in [5, 5.41) is 17.8. The second-order valence-corrected chi connectivity index (χ2v) is 8.33.